The lowest BCUT2D eigenvalue weighted by molar-refractivity contribution is 0.0817. The third-order valence-corrected chi connectivity index (χ3v) is 9.87. The van der Waals surface area contributed by atoms with Crippen molar-refractivity contribution < 1.29 is 4.74 Å². The van der Waals surface area contributed by atoms with Crippen molar-refractivity contribution in [2.45, 2.75) is 32.4 Å². The highest BCUT2D eigenvalue weighted by atomic mass is 32.1. The maximum absolute atomic E-state index is 8.37. The van der Waals surface area contributed by atoms with Crippen molar-refractivity contribution in [3.63, 3.8) is 0 Å². The van der Waals surface area contributed by atoms with Gasteiger partial charge in [-0.2, -0.15) is 5.10 Å². The first-order valence-electron chi connectivity index (χ1n) is 13.3. The summed E-state index contributed by atoms with van der Waals surface area (Å²) in [6.07, 6.45) is 5.65. The van der Waals surface area contributed by atoms with E-state index in [1.165, 1.54) is 15.0 Å². The van der Waals surface area contributed by atoms with E-state index in [-0.39, 0.29) is 5.84 Å². The van der Waals surface area contributed by atoms with E-state index in [1.54, 1.807) is 22.4 Å². The Morgan fingerprint density at radius 3 is 2.67 bits per heavy atom. The zero-order chi connectivity index (χ0) is 28.0. The number of aromatic nitrogens is 5. The maximum Gasteiger partial charge on any atom is 0.195 e. The molecule has 0 aliphatic heterocycles. The highest BCUT2D eigenvalue weighted by Crippen LogP contribution is 2.40. The molecule has 2 N–H and O–H groups in total. The molecular formula is C30H33N7OSSi. The van der Waals surface area contributed by atoms with Gasteiger partial charge in [-0.05, 0) is 41.3 Å². The van der Waals surface area contributed by atoms with Crippen LogP contribution in [-0.2, 0) is 11.5 Å². The Hall–Kier alpha value is -3.86. The van der Waals surface area contributed by atoms with E-state index in [9.17, 15) is 0 Å². The van der Waals surface area contributed by atoms with E-state index in [4.69, 9.17) is 20.2 Å². The summed E-state index contributed by atoms with van der Waals surface area (Å²) in [5.41, 5.74) is 5.80. The van der Waals surface area contributed by atoms with Gasteiger partial charge in [0.15, 0.2) is 11.7 Å². The largest absolute Gasteiger partial charge is 0.360 e. The molecule has 0 fully saturated rings. The van der Waals surface area contributed by atoms with Crippen molar-refractivity contribution in [1.82, 2.24) is 29.6 Å². The quantitative estimate of drug-likeness (QED) is 0.0889. The van der Waals surface area contributed by atoms with E-state index >= 15 is 0 Å². The number of fused-ring (bicyclic) bond motifs is 3. The Labute approximate surface area is 238 Å². The van der Waals surface area contributed by atoms with E-state index in [2.05, 4.69) is 72.1 Å². The summed E-state index contributed by atoms with van der Waals surface area (Å²) in [5, 5.41) is 15.4. The average molecular weight is 568 g/mol. The van der Waals surface area contributed by atoms with Crippen molar-refractivity contribution >= 4 is 57.3 Å². The highest BCUT2D eigenvalue weighted by Gasteiger charge is 2.19. The van der Waals surface area contributed by atoms with Crippen LogP contribution in [0.5, 0.6) is 0 Å². The zero-order valence-electron chi connectivity index (χ0n) is 23.4. The molecule has 4 aromatic heterocycles. The molecule has 8 nitrogen and oxygen atoms in total. The van der Waals surface area contributed by atoms with Gasteiger partial charge in [-0.15, -0.1) is 11.3 Å². The highest BCUT2D eigenvalue weighted by molar-refractivity contribution is 7.22. The molecule has 0 bridgehead atoms. The lowest BCUT2D eigenvalue weighted by atomic mass is 10.0. The number of nitrogens with one attached hydrogen (secondary N) is 2. The fourth-order valence-corrected chi connectivity index (χ4v) is 6.60. The molecule has 0 saturated carbocycles. The van der Waals surface area contributed by atoms with Gasteiger partial charge in [-0.25, -0.2) is 14.6 Å². The predicted octanol–water partition coefficient (Wildman–Crippen LogP) is 7.06. The van der Waals surface area contributed by atoms with Crippen molar-refractivity contribution in [3.8, 4) is 21.6 Å². The zero-order valence-corrected chi connectivity index (χ0v) is 25.3. The summed E-state index contributed by atoms with van der Waals surface area (Å²) < 4.78 is 9.35. The molecule has 40 heavy (non-hydrogen) atoms. The number of ether oxygens (including phenoxy) is 1. The number of nitrogens with zero attached hydrogens (tertiary/aromatic N) is 5. The number of H-pyrrole nitrogens is 1. The van der Waals surface area contributed by atoms with Crippen molar-refractivity contribution in [3.05, 3.63) is 66.9 Å². The minimum atomic E-state index is -1.18. The first kappa shape index (κ1) is 26.4. The fraction of sp³-hybridized carbons (Fsp3) is 0.267. The van der Waals surface area contributed by atoms with Crippen molar-refractivity contribution in [2.24, 2.45) is 0 Å². The number of rotatable bonds is 8. The molecule has 0 aliphatic rings. The van der Waals surface area contributed by atoms with E-state index in [1.807, 2.05) is 31.2 Å². The van der Waals surface area contributed by atoms with E-state index in [0.29, 0.717) is 12.6 Å². The summed E-state index contributed by atoms with van der Waals surface area (Å²) in [6, 6.07) is 16.3. The summed E-state index contributed by atoms with van der Waals surface area (Å²) in [5.74, 6) is 0.665. The van der Waals surface area contributed by atoms with Crippen LogP contribution in [0.2, 0.25) is 25.7 Å². The van der Waals surface area contributed by atoms with Crippen LogP contribution in [0.25, 0.3) is 53.6 Å². The van der Waals surface area contributed by atoms with Crippen LogP contribution in [0.4, 0.5) is 0 Å². The van der Waals surface area contributed by atoms with Gasteiger partial charge in [0.25, 0.3) is 0 Å². The van der Waals surface area contributed by atoms with Crippen LogP contribution in [0, 0.1) is 5.41 Å². The Balaban J connectivity index is 1.48. The van der Waals surface area contributed by atoms with Crippen LogP contribution < -0.4 is 0 Å². The first-order chi connectivity index (χ1) is 19.2. The normalized spacial score (nSPS) is 12.1. The average Bonchev–Trinajstić information content (AvgIpc) is 3.65. The van der Waals surface area contributed by atoms with Crippen molar-refractivity contribution in [2.75, 3.05) is 20.7 Å². The first-order valence-corrected chi connectivity index (χ1v) is 17.9. The number of hydrogen-bond donors (Lipinski definition) is 2. The number of amidine groups is 1. The summed E-state index contributed by atoms with van der Waals surface area (Å²) in [7, 11) is 2.47. The lowest BCUT2D eigenvalue weighted by Gasteiger charge is -2.16. The van der Waals surface area contributed by atoms with Gasteiger partial charge in [0.05, 0.1) is 28.9 Å². The van der Waals surface area contributed by atoms with Gasteiger partial charge in [-0.3, -0.25) is 5.41 Å². The predicted molar refractivity (Wildman–Crippen MR) is 168 cm³/mol. The van der Waals surface area contributed by atoms with Crippen LogP contribution >= 0.6 is 11.3 Å². The SMILES string of the molecule is CN(C)C(=N)c1ncc2[nH]cc(-c3cc(-c4cc5ccccc5s4)c4c(cnn4COCC[Si](C)(C)C)c3)c2n1. The number of benzene rings is 2. The molecule has 4 heterocycles. The molecule has 0 atom stereocenters. The summed E-state index contributed by atoms with van der Waals surface area (Å²) in [4.78, 5) is 15.4. The van der Waals surface area contributed by atoms with Crippen LogP contribution in [0.15, 0.2) is 61.1 Å². The summed E-state index contributed by atoms with van der Waals surface area (Å²) >= 11 is 1.78. The molecule has 2 aromatic carbocycles. The molecule has 10 heteroatoms. The van der Waals surface area contributed by atoms with Gasteiger partial charge in [0.2, 0.25) is 0 Å². The minimum Gasteiger partial charge on any atom is -0.360 e. The van der Waals surface area contributed by atoms with E-state index in [0.717, 1.165) is 51.3 Å². The minimum absolute atomic E-state index is 0.269. The van der Waals surface area contributed by atoms with E-state index < -0.39 is 8.07 Å². The van der Waals surface area contributed by atoms with Gasteiger partial charge >= 0.3 is 0 Å². The second kappa shape index (κ2) is 10.3. The smallest absolute Gasteiger partial charge is 0.195 e. The Bertz CT molecular complexity index is 1830. The molecule has 0 saturated heterocycles. The monoisotopic (exact) mass is 567 g/mol. The molecule has 6 aromatic rings. The van der Waals surface area contributed by atoms with Crippen LogP contribution in [0.3, 0.4) is 0 Å². The van der Waals surface area contributed by atoms with Gasteiger partial charge in [0, 0.05) is 61.1 Å². The Kier molecular flexibility index (Phi) is 6.77. The standard InChI is InChI=1S/C30H33N7OSSi/c1-36(2)29(31)30-33-17-24-27(35-30)23(16-32-24)20-12-21-15-34-37(18-38-10-11-40(3,4)5)28(21)22(13-20)26-14-19-8-6-7-9-25(19)39-26/h6-9,12-17,31-32H,10-11,18H2,1-5H3. The second-order valence-electron chi connectivity index (χ2n) is 11.5. The number of aromatic amines is 1. The molecule has 6 rings (SSSR count). The second-order valence-corrected chi connectivity index (χ2v) is 18.2. The molecule has 0 amide bonds. The molecule has 0 aliphatic carbocycles. The number of thiophene rings is 1. The third-order valence-electron chi connectivity index (χ3n) is 7.02. The molecule has 0 radical (unpaired) electrons. The van der Waals surface area contributed by atoms with Crippen LogP contribution in [-0.4, -0.2) is 64.2 Å². The van der Waals surface area contributed by atoms with Gasteiger partial charge < -0.3 is 14.6 Å². The third kappa shape index (κ3) is 5.05. The maximum atomic E-state index is 8.37. The topological polar surface area (TPSA) is 95.7 Å². The fourth-order valence-electron chi connectivity index (χ4n) is 4.76. The molecule has 204 valence electrons. The van der Waals surface area contributed by atoms with Crippen molar-refractivity contribution in [1.29, 1.82) is 5.41 Å². The van der Waals surface area contributed by atoms with Crippen LogP contribution in [0.1, 0.15) is 5.82 Å². The van der Waals surface area contributed by atoms with Gasteiger partial charge in [0.1, 0.15) is 6.73 Å². The summed E-state index contributed by atoms with van der Waals surface area (Å²) in [6.45, 7) is 8.25. The lowest BCUT2D eigenvalue weighted by Crippen LogP contribution is -2.23. The molecule has 0 spiro atoms. The Morgan fingerprint density at radius 1 is 1.07 bits per heavy atom. The molecule has 0 unspecified atom stereocenters. The van der Waals surface area contributed by atoms with Gasteiger partial charge in [-0.1, -0.05) is 37.8 Å². The number of hydrogen-bond acceptors (Lipinski definition) is 6. The Morgan fingerprint density at radius 2 is 1.90 bits per heavy atom. The molecular weight excluding hydrogens is 535 g/mol.